The van der Waals surface area contributed by atoms with Crippen molar-refractivity contribution in [2.24, 2.45) is 5.73 Å². The van der Waals surface area contributed by atoms with Crippen LogP contribution in [-0.4, -0.2) is 11.7 Å². The smallest absolute Gasteiger partial charge is 0.119 e. The summed E-state index contributed by atoms with van der Waals surface area (Å²) in [5, 5.41) is 9.61. The van der Waals surface area contributed by atoms with Gasteiger partial charge in [0.25, 0.3) is 0 Å². The van der Waals surface area contributed by atoms with Crippen molar-refractivity contribution >= 4 is 0 Å². The Kier molecular flexibility index (Phi) is 5.70. The molecule has 0 heterocycles. The zero-order chi connectivity index (χ0) is 17.5. The second-order valence-corrected chi connectivity index (χ2v) is 6.15. The summed E-state index contributed by atoms with van der Waals surface area (Å²) in [5.74, 6) is 1.35. The first-order valence-electron chi connectivity index (χ1n) is 8.49. The molecule has 3 N–H and O–H groups in total. The van der Waals surface area contributed by atoms with Crippen LogP contribution < -0.4 is 10.5 Å². The third-order valence-electron chi connectivity index (χ3n) is 4.28. The summed E-state index contributed by atoms with van der Waals surface area (Å²) in [7, 11) is 0. The molecule has 3 rings (SSSR count). The van der Waals surface area contributed by atoms with Crippen molar-refractivity contribution in [3.63, 3.8) is 0 Å². The molecule has 0 aromatic heterocycles. The number of hydrogen-bond donors (Lipinski definition) is 2. The molecule has 0 amide bonds. The third kappa shape index (κ3) is 4.85. The summed E-state index contributed by atoms with van der Waals surface area (Å²) >= 11 is 0. The molecule has 3 aromatic rings. The van der Waals surface area contributed by atoms with E-state index in [1.807, 2.05) is 54.6 Å². The molecule has 1 atom stereocenters. The Labute approximate surface area is 148 Å². The fourth-order valence-corrected chi connectivity index (χ4v) is 2.88. The second-order valence-electron chi connectivity index (χ2n) is 6.15. The minimum absolute atomic E-state index is 0.213. The van der Waals surface area contributed by atoms with Gasteiger partial charge in [-0.15, -0.1) is 0 Å². The number of aromatic hydroxyl groups is 1. The summed E-state index contributed by atoms with van der Waals surface area (Å²) in [5.41, 5.74) is 9.38. The molecule has 0 radical (unpaired) electrons. The summed E-state index contributed by atoms with van der Waals surface area (Å²) in [6.45, 7) is 1.11. The zero-order valence-electron chi connectivity index (χ0n) is 14.1. The molecule has 0 bridgehead atoms. The van der Waals surface area contributed by atoms with Crippen LogP contribution in [0, 0.1) is 0 Å². The van der Waals surface area contributed by atoms with E-state index in [1.54, 1.807) is 12.1 Å². The molecule has 0 aliphatic rings. The van der Waals surface area contributed by atoms with Crippen molar-refractivity contribution in [2.75, 3.05) is 6.54 Å². The van der Waals surface area contributed by atoms with E-state index in [0.717, 1.165) is 23.3 Å². The Hall–Kier alpha value is -2.78. The molecule has 0 aliphatic carbocycles. The molecule has 0 saturated carbocycles. The molecule has 0 fully saturated rings. The maximum absolute atomic E-state index is 9.61. The fourth-order valence-electron chi connectivity index (χ4n) is 2.88. The van der Waals surface area contributed by atoms with Gasteiger partial charge in [-0.1, -0.05) is 54.6 Å². The first-order valence-corrected chi connectivity index (χ1v) is 8.49. The number of ether oxygens (including phenoxy) is 1. The van der Waals surface area contributed by atoms with Gasteiger partial charge in [0.15, 0.2) is 0 Å². The van der Waals surface area contributed by atoms with E-state index in [9.17, 15) is 5.11 Å². The Morgan fingerprint density at radius 3 is 2.24 bits per heavy atom. The zero-order valence-corrected chi connectivity index (χ0v) is 14.1. The quantitative estimate of drug-likeness (QED) is 0.679. The highest BCUT2D eigenvalue weighted by Crippen LogP contribution is 2.24. The minimum Gasteiger partial charge on any atom is -0.508 e. The summed E-state index contributed by atoms with van der Waals surface area (Å²) < 4.78 is 5.83. The van der Waals surface area contributed by atoms with Gasteiger partial charge in [0, 0.05) is 5.92 Å². The largest absolute Gasteiger partial charge is 0.508 e. The highest BCUT2D eigenvalue weighted by Gasteiger charge is 2.11. The highest BCUT2D eigenvalue weighted by atomic mass is 16.5. The molecule has 0 saturated heterocycles. The van der Waals surface area contributed by atoms with Gasteiger partial charge in [-0.3, -0.25) is 0 Å². The number of nitrogens with two attached hydrogens (primary N) is 1. The van der Waals surface area contributed by atoms with Crippen molar-refractivity contribution in [3.8, 4) is 11.5 Å². The minimum atomic E-state index is 0.213. The molecule has 1 unspecified atom stereocenters. The van der Waals surface area contributed by atoms with E-state index in [2.05, 4.69) is 12.1 Å². The number of hydrogen-bond acceptors (Lipinski definition) is 3. The lowest BCUT2D eigenvalue weighted by atomic mass is 9.92. The van der Waals surface area contributed by atoms with Crippen LogP contribution in [0.3, 0.4) is 0 Å². The molecular weight excluding hydrogens is 310 g/mol. The summed E-state index contributed by atoms with van der Waals surface area (Å²) in [6.07, 6.45) is 0.801. The Bertz CT molecular complexity index is 785. The second kappa shape index (κ2) is 8.36. The topological polar surface area (TPSA) is 55.5 Å². The van der Waals surface area contributed by atoms with Crippen LogP contribution >= 0.6 is 0 Å². The summed E-state index contributed by atoms with van der Waals surface area (Å²) in [4.78, 5) is 0. The van der Waals surface area contributed by atoms with Gasteiger partial charge in [-0.05, 0) is 53.9 Å². The van der Waals surface area contributed by atoms with E-state index in [0.29, 0.717) is 13.2 Å². The van der Waals surface area contributed by atoms with Gasteiger partial charge in [0.1, 0.15) is 18.1 Å². The highest BCUT2D eigenvalue weighted by molar-refractivity contribution is 5.33. The Morgan fingerprint density at radius 1 is 0.840 bits per heavy atom. The van der Waals surface area contributed by atoms with Crippen molar-refractivity contribution in [1.29, 1.82) is 0 Å². The van der Waals surface area contributed by atoms with E-state index >= 15 is 0 Å². The van der Waals surface area contributed by atoms with E-state index < -0.39 is 0 Å². The third-order valence-corrected chi connectivity index (χ3v) is 4.28. The van der Waals surface area contributed by atoms with Crippen molar-refractivity contribution < 1.29 is 9.84 Å². The molecule has 3 heteroatoms. The number of phenols is 1. The van der Waals surface area contributed by atoms with Crippen LogP contribution in [0.1, 0.15) is 22.6 Å². The van der Waals surface area contributed by atoms with Crippen LogP contribution in [0.15, 0.2) is 78.9 Å². The fraction of sp³-hybridized carbons (Fsp3) is 0.182. The maximum atomic E-state index is 9.61. The van der Waals surface area contributed by atoms with Crippen molar-refractivity contribution in [3.05, 3.63) is 95.6 Å². The summed E-state index contributed by atoms with van der Waals surface area (Å²) in [6, 6.07) is 25.6. The first-order chi connectivity index (χ1) is 12.2. The number of benzene rings is 3. The lowest BCUT2D eigenvalue weighted by Gasteiger charge is -2.16. The molecule has 128 valence electrons. The molecule has 3 nitrogen and oxygen atoms in total. The lowest BCUT2D eigenvalue weighted by Crippen LogP contribution is -2.15. The van der Waals surface area contributed by atoms with Gasteiger partial charge >= 0.3 is 0 Å². The normalized spacial score (nSPS) is 11.9. The van der Waals surface area contributed by atoms with E-state index in [-0.39, 0.29) is 11.7 Å². The maximum Gasteiger partial charge on any atom is 0.119 e. The first kappa shape index (κ1) is 17.1. The number of rotatable bonds is 7. The predicted octanol–water partition coefficient (Wildman–Crippen LogP) is 4.26. The van der Waals surface area contributed by atoms with Crippen LogP contribution in [0.4, 0.5) is 0 Å². The Morgan fingerprint density at radius 2 is 1.56 bits per heavy atom. The Balaban J connectivity index is 1.63. The van der Waals surface area contributed by atoms with E-state index in [4.69, 9.17) is 10.5 Å². The van der Waals surface area contributed by atoms with Crippen LogP contribution in [0.2, 0.25) is 0 Å². The van der Waals surface area contributed by atoms with Gasteiger partial charge in [0.2, 0.25) is 0 Å². The molecular formula is C22H23NO2. The van der Waals surface area contributed by atoms with Gasteiger partial charge < -0.3 is 15.6 Å². The lowest BCUT2D eigenvalue weighted by molar-refractivity contribution is 0.306. The molecule has 25 heavy (non-hydrogen) atoms. The number of phenolic OH excluding ortho intramolecular Hbond substituents is 1. The average Bonchev–Trinajstić information content (AvgIpc) is 2.66. The van der Waals surface area contributed by atoms with Gasteiger partial charge in [0.05, 0.1) is 0 Å². The van der Waals surface area contributed by atoms with Gasteiger partial charge in [-0.25, -0.2) is 0 Å². The van der Waals surface area contributed by atoms with Crippen LogP contribution in [0.25, 0.3) is 0 Å². The van der Waals surface area contributed by atoms with Crippen LogP contribution in [-0.2, 0) is 13.0 Å². The SMILES string of the molecule is NCC(Cc1cccc(O)c1)c1ccc(OCc2ccccc2)cc1. The van der Waals surface area contributed by atoms with Crippen molar-refractivity contribution in [1.82, 2.24) is 0 Å². The van der Waals surface area contributed by atoms with E-state index in [1.165, 1.54) is 5.56 Å². The molecule has 0 spiro atoms. The molecule has 3 aromatic carbocycles. The monoisotopic (exact) mass is 333 g/mol. The average molecular weight is 333 g/mol. The van der Waals surface area contributed by atoms with Crippen LogP contribution in [0.5, 0.6) is 11.5 Å². The van der Waals surface area contributed by atoms with Crippen molar-refractivity contribution in [2.45, 2.75) is 18.9 Å². The standard InChI is InChI=1S/C22H23NO2/c23-15-20(13-18-7-4-8-21(24)14-18)19-9-11-22(12-10-19)25-16-17-5-2-1-3-6-17/h1-12,14,20,24H,13,15-16,23H2. The predicted molar refractivity (Wildman–Crippen MR) is 101 cm³/mol. The molecule has 0 aliphatic heterocycles. The van der Waals surface area contributed by atoms with Gasteiger partial charge in [-0.2, -0.15) is 0 Å².